The minimum absolute atomic E-state index is 0.336. The van der Waals surface area contributed by atoms with Crippen molar-refractivity contribution in [1.29, 1.82) is 0 Å². The Balaban J connectivity index is 1.88. The average Bonchev–Trinajstić information content (AvgIpc) is 2.84. The van der Waals surface area contributed by atoms with Crippen LogP contribution in [0.3, 0.4) is 0 Å². The zero-order valence-electron chi connectivity index (χ0n) is 16.9. The van der Waals surface area contributed by atoms with Crippen LogP contribution in [0.1, 0.15) is 16.7 Å². The van der Waals surface area contributed by atoms with Crippen LogP contribution < -0.4 is 5.63 Å². The van der Waals surface area contributed by atoms with Crippen molar-refractivity contribution in [3.8, 4) is 11.1 Å². The van der Waals surface area contributed by atoms with Crippen molar-refractivity contribution >= 4 is 22.6 Å². The van der Waals surface area contributed by atoms with Crippen molar-refractivity contribution in [3.05, 3.63) is 142 Å². The third-order valence-electron chi connectivity index (χ3n) is 5.37. The summed E-state index contributed by atoms with van der Waals surface area (Å²) < 4.78 is 5.70. The molecular weight excluding hydrogens is 380 g/mol. The fraction of sp³-hybridized carbons (Fsp3) is 0. The molecule has 0 unspecified atom stereocenters. The maximum absolute atomic E-state index is 13.1. The maximum Gasteiger partial charge on any atom is 0.344 e. The van der Waals surface area contributed by atoms with Crippen LogP contribution in [0.25, 0.3) is 33.7 Å². The summed E-state index contributed by atoms with van der Waals surface area (Å²) in [4.78, 5) is 13.1. The lowest BCUT2D eigenvalue weighted by Crippen LogP contribution is -2.06. The van der Waals surface area contributed by atoms with E-state index >= 15 is 0 Å². The monoisotopic (exact) mass is 400 g/mol. The van der Waals surface area contributed by atoms with E-state index in [-0.39, 0.29) is 5.63 Å². The van der Waals surface area contributed by atoms with Crippen LogP contribution in [-0.4, -0.2) is 0 Å². The van der Waals surface area contributed by atoms with Crippen molar-refractivity contribution < 1.29 is 4.42 Å². The Morgan fingerprint density at radius 1 is 0.613 bits per heavy atom. The molecule has 4 aromatic carbocycles. The summed E-state index contributed by atoms with van der Waals surface area (Å²) in [5.74, 6) is 0. The van der Waals surface area contributed by atoms with Gasteiger partial charge < -0.3 is 4.42 Å². The molecule has 0 aliphatic carbocycles. The van der Waals surface area contributed by atoms with Gasteiger partial charge in [-0.3, -0.25) is 0 Å². The Kier molecular flexibility index (Phi) is 5.04. The molecule has 0 atom stereocenters. The number of benzene rings is 4. The van der Waals surface area contributed by atoms with Gasteiger partial charge in [-0.15, -0.1) is 0 Å². The van der Waals surface area contributed by atoms with Crippen LogP contribution in [0, 0.1) is 0 Å². The van der Waals surface area contributed by atoms with E-state index in [0.29, 0.717) is 11.1 Å². The van der Waals surface area contributed by atoms with Gasteiger partial charge in [-0.1, -0.05) is 109 Å². The molecule has 5 aromatic rings. The molecule has 0 saturated carbocycles. The van der Waals surface area contributed by atoms with Crippen molar-refractivity contribution in [1.82, 2.24) is 0 Å². The molecule has 0 aliphatic rings. The maximum atomic E-state index is 13.1. The summed E-state index contributed by atoms with van der Waals surface area (Å²) in [6.07, 6.45) is 2.12. The lowest BCUT2D eigenvalue weighted by atomic mass is 9.91. The molecule has 2 nitrogen and oxygen atoms in total. The highest BCUT2D eigenvalue weighted by atomic mass is 16.4. The lowest BCUT2D eigenvalue weighted by Gasteiger charge is -2.13. The molecule has 0 amide bonds. The first-order valence-electron chi connectivity index (χ1n) is 10.2. The van der Waals surface area contributed by atoms with E-state index in [1.165, 1.54) is 0 Å². The number of fused-ring (bicyclic) bond motifs is 1. The highest BCUT2D eigenvalue weighted by Crippen LogP contribution is 2.33. The predicted octanol–water partition coefficient (Wildman–Crippen LogP) is 7.05. The van der Waals surface area contributed by atoms with Gasteiger partial charge in [0.25, 0.3) is 0 Å². The quantitative estimate of drug-likeness (QED) is 0.303. The van der Waals surface area contributed by atoms with Crippen molar-refractivity contribution in [3.63, 3.8) is 0 Å². The molecule has 0 bridgehead atoms. The van der Waals surface area contributed by atoms with Gasteiger partial charge in [-0.2, -0.15) is 0 Å². The summed E-state index contributed by atoms with van der Waals surface area (Å²) in [5, 5.41) is 0.908. The first-order chi connectivity index (χ1) is 15.3. The van der Waals surface area contributed by atoms with E-state index in [9.17, 15) is 4.79 Å². The van der Waals surface area contributed by atoms with E-state index in [4.69, 9.17) is 4.42 Å². The first kappa shape index (κ1) is 18.8. The van der Waals surface area contributed by atoms with Gasteiger partial charge >= 0.3 is 5.63 Å². The molecule has 0 fully saturated rings. The number of hydrogen-bond acceptors (Lipinski definition) is 2. The van der Waals surface area contributed by atoms with Crippen LogP contribution in [0.5, 0.6) is 0 Å². The van der Waals surface area contributed by atoms with E-state index in [1.54, 1.807) is 0 Å². The molecule has 1 aromatic heterocycles. The zero-order valence-corrected chi connectivity index (χ0v) is 16.9. The third kappa shape index (κ3) is 3.72. The van der Waals surface area contributed by atoms with Crippen LogP contribution in [-0.2, 0) is 0 Å². The summed E-state index contributed by atoms with van der Waals surface area (Å²) in [5.41, 5.74) is 5.75. The first-order valence-corrected chi connectivity index (χ1v) is 10.2. The second kappa shape index (κ2) is 8.29. The summed E-state index contributed by atoms with van der Waals surface area (Å²) >= 11 is 0. The Morgan fingerprint density at radius 2 is 1.13 bits per heavy atom. The standard InChI is InChI=1S/C29H20O2/c30-29-28(23-16-8-3-9-17-23)26(24-18-10-11-19-27(24)31-29)20-25(21-12-4-1-5-13-21)22-14-6-2-7-15-22/h1-20H. The van der Waals surface area contributed by atoms with Gasteiger partial charge in [0.15, 0.2) is 0 Å². The zero-order chi connectivity index (χ0) is 21.0. The van der Waals surface area contributed by atoms with Crippen LogP contribution in [0.4, 0.5) is 0 Å². The van der Waals surface area contributed by atoms with Gasteiger partial charge in [0.05, 0.1) is 5.56 Å². The summed E-state index contributed by atoms with van der Waals surface area (Å²) in [6, 6.07) is 37.9. The average molecular weight is 400 g/mol. The summed E-state index contributed by atoms with van der Waals surface area (Å²) in [6.45, 7) is 0. The molecule has 0 aliphatic heterocycles. The van der Waals surface area contributed by atoms with Crippen LogP contribution >= 0.6 is 0 Å². The number of rotatable bonds is 4. The van der Waals surface area contributed by atoms with E-state index in [1.807, 2.05) is 91.0 Å². The van der Waals surface area contributed by atoms with E-state index < -0.39 is 0 Å². The molecular formula is C29H20O2. The van der Waals surface area contributed by atoms with Gasteiger partial charge in [-0.05, 0) is 34.4 Å². The molecule has 0 spiro atoms. The second-order valence-corrected chi connectivity index (χ2v) is 7.33. The topological polar surface area (TPSA) is 30.2 Å². The Hall–Kier alpha value is -4.17. The molecule has 5 rings (SSSR count). The second-order valence-electron chi connectivity index (χ2n) is 7.33. The summed E-state index contributed by atoms with van der Waals surface area (Å²) in [7, 11) is 0. The van der Waals surface area contributed by atoms with Crippen LogP contribution in [0.2, 0.25) is 0 Å². The normalized spacial score (nSPS) is 10.7. The largest absolute Gasteiger partial charge is 0.422 e. The van der Waals surface area contributed by atoms with Crippen molar-refractivity contribution in [2.75, 3.05) is 0 Å². The fourth-order valence-corrected chi connectivity index (χ4v) is 3.91. The minimum Gasteiger partial charge on any atom is -0.422 e. The number of para-hydroxylation sites is 1. The Labute approximate surface area is 180 Å². The lowest BCUT2D eigenvalue weighted by molar-refractivity contribution is 0.563. The van der Waals surface area contributed by atoms with Gasteiger partial charge in [-0.25, -0.2) is 4.79 Å². The van der Waals surface area contributed by atoms with Gasteiger partial charge in [0.2, 0.25) is 0 Å². The van der Waals surface area contributed by atoms with Crippen LogP contribution in [0.15, 0.2) is 124 Å². The highest BCUT2D eigenvalue weighted by Gasteiger charge is 2.16. The Morgan fingerprint density at radius 3 is 1.74 bits per heavy atom. The van der Waals surface area contributed by atoms with Gasteiger partial charge in [0.1, 0.15) is 5.58 Å². The smallest absolute Gasteiger partial charge is 0.344 e. The van der Waals surface area contributed by atoms with Gasteiger partial charge in [0, 0.05) is 10.9 Å². The van der Waals surface area contributed by atoms with Crippen molar-refractivity contribution in [2.45, 2.75) is 0 Å². The molecule has 2 heteroatoms. The highest BCUT2D eigenvalue weighted by molar-refractivity contribution is 6.01. The molecule has 148 valence electrons. The SMILES string of the molecule is O=c1oc2ccccc2c(C=C(c2ccccc2)c2ccccc2)c1-c1ccccc1. The van der Waals surface area contributed by atoms with E-state index in [2.05, 4.69) is 30.3 Å². The van der Waals surface area contributed by atoms with E-state index in [0.717, 1.165) is 33.2 Å². The van der Waals surface area contributed by atoms with Crippen molar-refractivity contribution in [2.24, 2.45) is 0 Å². The molecule has 0 N–H and O–H groups in total. The fourth-order valence-electron chi connectivity index (χ4n) is 3.91. The molecule has 1 heterocycles. The molecule has 31 heavy (non-hydrogen) atoms. The number of hydrogen-bond donors (Lipinski definition) is 0. The Bertz CT molecular complexity index is 1370. The minimum atomic E-state index is -0.336. The molecule has 0 radical (unpaired) electrons. The predicted molar refractivity (Wildman–Crippen MR) is 128 cm³/mol. The third-order valence-corrected chi connectivity index (χ3v) is 5.37. The molecule has 0 saturated heterocycles.